The van der Waals surface area contributed by atoms with Gasteiger partial charge >= 0.3 is 29.2 Å². The van der Waals surface area contributed by atoms with Gasteiger partial charge in [-0.15, -0.1) is 0 Å². The van der Waals surface area contributed by atoms with Gasteiger partial charge in [0, 0.05) is 20.1 Å². The van der Waals surface area contributed by atoms with Crippen LogP contribution in [0.1, 0.15) is 13.3 Å². The van der Waals surface area contributed by atoms with Gasteiger partial charge in [-0.05, 0) is 13.5 Å². The summed E-state index contributed by atoms with van der Waals surface area (Å²) in [7, 11) is -3.22. The molecule has 0 aromatic carbocycles. The van der Waals surface area contributed by atoms with Crippen LogP contribution in [0.3, 0.4) is 0 Å². The minimum atomic E-state index is -5.83. The van der Waals surface area contributed by atoms with Crippen molar-refractivity contribution >= 4 is 23.7 Å². The SMILES string of the molecule is CCOC(=O)C1=C(OS(=O)(=O)C(F)(F)F)CCN([B]OC)C1. The molecule has 0 aliphatic carbocycles. The van der Waals surface area contributed by atoms with Gasteiger partial charge in [0.05, 0.1) is 12.2 Å². The molecular weight excluding hydrogens is 330 g/mol. The van der Waals surface area contributed by atoms with Gasteiger partial charge in [0.1, 0.15) is 5.76 Å². The molecule has 1 heterocycles. The second kappa shape index (κ2) is 7.33. The minimum Gasteiger partial charge on any atom is -0.462 e. The van der Waals surface area contributed by atoms with Crippen molar-refractivity contribution in [2.45, 2.75) is 18.9 Å². The number of carbonyl (C=O) groups excluding carboxylic acids is 1. The second-order valence-electron chi connectivity index (χ2n) is 4.17. The van der Waals surface area contributed by atoms with Crippen LogP contribution in [0.15, 0.2) is 11.3 Å². The molecule has 0 spiro atoms. The fraction of sp³-hybridized carbons (Fsp3) is 0.700. The predicted octanol–water partition coefficient (Wildman–Crippen LogP) is 0.556. The molecule has 0 atom stereocenters. The van der Waals surface area contributed by atoms with Crippen LogP contribution in [0.2, 0.25) is 0 Å². The molecule has 1 radical (unpaired) electrons. The molecule has 125 valence electrons. The molecule has 12 heteroatoms. The number of esters is 1. The van der Waals surface area contributed by atoms with Crippen LogP contribution < -0.4 is 0 Å². The lowest BCUT2D eigenvalue weighted by Gasteiger charge is -2.28. The third kappa shape index (κ3) is 4.61. The molecule has 0 amide bonds. The molecule has 22 heavy (non-hydrogen) atoms. The quantitative estimate of drug-likeness (QED) is 0.301. The van der Waals surface area contributed by atoms with Crippen molar-refractivity contribution in [1.29, 1.82) is 0 Å². The van der Waals surface area contributed by atoms with Gasteiger partial charge in [-0.3, -0.25) is 0 Å². The van der Waals surface area contributed by atoms with Crippen LogP contribution in [0, 0.1) is 0 Å². The van der Waals surface area contributed by atoms with Crippen LogP contribution in [-0.4, -0.2) is 59.1 Å². The number of carbonyl (C=O) groups is 1. The van der Waals surface area contributed by atoms with Crippen LogP contribution in [0.4, 0.5) is 13.2 Å². The van der Waals surface area contributed by atoms with E-state index in [2.05, 4.69) is 4.18 Å². The van der Waals surface area contributed by atoms with Gasteiger partial charge < -0.3 is 18.4 Å². The van der Waals surface area contributed by atoms with Gasteiger partial charge in [0.2, 0.25) is 0 Å². The second-order valence-corrected chi connectivity index (χ2v) is 5.70. The van der Waals surface area contributed by atoms with Gasteiger partial charge in [0.15, 0.2) is 0 Å². The molecule has 0 aromatic heterocycles. The number of hydrogen-bond acceptors (Lipinski definition) is 7. The first kappa shape index (κ1) is 18.8. The van der Waals surface area contributed by atoms with E-state index >= 15 is 0 Å². The normalized spacial score (nSPS) is 17.3. The fourth-order valence-electron chi connectivity index (χ4n) is 1.67. The Hall–Kier alpha value is -1.27. The van der Waals surface area contributed by atoms with Crippen molar-refractivity contribution in [3.63, 3.8) is 0 Å². The van der Waals surface area contributed by atoms with Crippen molar-refractivity contribution < 1.29 is 40.0 Å². The lowest BCUT2D eigenvalue weighted by molar-refractivity contribution is -0.139. The summed E-state index contributed by atoms with van der Waals surface area (Å²) in [5.74, 6) is -1.51. The Balaban J connectivity index is 3.08. The first-order valence-corrected chi connectivity index (χ1v) is 7.53. The highest BCUT2D eigenvalue weighted by atomic mass is 32.2. The smallest absolute Gasteiger partial charge is 0.462 e. The highest BCUT2D eigenvalue weighted by Gasteiger charge is 2.49. The Kier molecular flexibility index (Phi) is 6.26. The van der Waals surface area contributed by atoms with Crippen LogP contribution in [0.5, 0.6) is 0 Å². The van der Waals surface area contributed by atoms with Crippen LogP contribution in [-0.2, 0) is 28.5 Å². The van der Waals surface area contributed by atoms with Gasteiger partial charge in [-0.1, -0.05) is 0 Å². The highest BCUT2D eigenvalue weighted by Crippen LogP contribution is 2.30. The van der Waals surface area contributed by atoms with E-state index in [-0.39, 0.29) is 31.7 Å². The first-order valence-electron chi connectivity index (χ1n) is 6.12. The van der Waals surface area contributed by atoms with E-state index in [0.29, 0.717) is 0 Å². The topological polar surface area (TPSA) is 82.1 Å². The molecule has 0 fully saturated rings. The van der Waals surface area contributed by atoms with Crippen molar-refractivity contribution in [3.8, 4) is 0 Å². The average molecular weight is 344 g/mol. The van der Waals surface area contributed by atoms with Crippen LogP contribution in [0.25, 0.3) is 0 Å². The number of hydrogen-bond donors (Lipinski definition) is 0. The van der Waals surface area contributed by atoms with Crippen molar-refractivity contribution in [2.24, 2.45) is 0 Å². The Bertz CT molecular complexity index is 547. The van der Waals surface area contributed by atoms with Crippen molar-refractivity contribution in [1.82, 2.24) is 4.81 Å². The van der Waals surface area contributed by atoms with Crippen LogP contribution >= 0.6 is 0 Å². The number of rotatable bonds is 6. The number of ether oxygens (including phenoxy) is 1. The maximum atomic E-state index is 12.4. The summed E-state index contributed by atoms with van der Waals surface area (Å²) < 4.78 is 72.8. The largest absolute Gasteiger partial charge is 0.534 e. The summed E-state index contributed by atoms with van der Waals surface area (Å²) in [4.78, 5) is 13.2. The molecule has 0 N–H and O–H groups in total. The minimum absolute atomic E-state index is 0.0182. The molecule has 7 nitrogen and oxygen atoms in total. The zero-order chi connectivity index (χ0) is 17.0. The Morgan fingerprint density at radius 2 is 2.05 bits per heavy atom. The van der Waals surface area contributed by atoms with E-state index in [9.17, 15) is 26.4 Å². The van der Waals surface area contributed by atoms with Gasteiger partial charge in [-0.2, -0.15) is 21.6 Å². The van der Waals surface area contributed by atoms with E-state index < -0.39 is 27.4 Å². The molecule has 0 saturated carbocycles. The summed E-state index contributed by atoms with van der Waals surface area (Å²) in [5.41, 5.74) is -5.87. The Morgan fingerprint density at radius 3 is 2.55 bits per heavy atom. The zero-order valence-corrected chi connectivity index (χ0v) is 12.7. The number of alkyl halides is 3. The standard InChI is InChI=1S/C10H14BF3NO6S/c1-3-20-9(16)7-6-15(11-19-2)5-4-8(7)21-22(17,18)10(12,13)14/h3-6H2,1-2H3. The predicted molar refractivity (Wildman–Crippen MR) is 68.7 cm³/mol. The Morgan fingerprint density at radius 1 is 1.41 bits per heavy atom. The molecule has 0 saturated heterocycles. The first-order chi connectivity index (χ1) is 10.1. The lowest BCUT2D eigenvalue weighted by Crippen LogP contribution is -2.39. The van der Waals surface area contributed by atoms with Crippen molar-refractivity contribution in [3.05, 3.63) is 11.3 Å². The number of halogens is 3. The number of nitrogens with zero attached hydrogens (tertiary/aromatic N) is 1. The average Bonchev–Trinajstić information content (AvgIpc) is 2.39. The maximum Gasteiger partial charge on any atom is 0.534 e. The summed E-state index contributed by atoms with van der Waals surface area (Å²) in [6.45, 7) is 1.43. The van der Waals surface area contributed by atoms with Gasteiger partial charge in [0.25, 0.3) is 0 Å². The lowest BCUT2D eigenvalue weighted by atomic mass is 10.0. The molecule has 1 aliphatic heterocycles. The summed E-state index contributed by atoms with van der Waals surface area (Å²) in [5, 5.41) is 0. The molecule has 0 bridgehead atoms. The van der Waals surface area contributed by atoms with E-state index in [4.69, 9.17) is 9.39 Å². The molecule has 0 unspecified atom stereocenters. The van der Waals surface area contributed by atoms with Crippen molar-refractivity contribution in [2.75, 3.05) is 26.8 Å². The third-order valence-corrected chi connectivity index (χ3v) is 3.58. The summed E-state index contributed by atoms with van der Waals surface area (Å²) in [6.07, 6.45) is -0.219. The van der Waals surface area contributed by atoms with E-state index in [1.165, 1.54) is 26.5 Å². The molecular formula is C10H14BF3NO6S. The highest BCUT2D eigenvalue weighted by molar-refractivity contribution is 7.87. The van der Waals surface area contributed by atoms with Gasteiger partial charge in [-0.25, -0.2) is 4.79 Å². The Labute approximate surface area is 126 Å². The zero-order valence-electron chi connectivity index (χ0n) is 11.8. The third-order valence-electron chi connectivity index (χ3n) is 2.59. The van der Waals surface area contributed by atoms with E-state index in [1.807, 2.05) is 0 Å². The van der Waals surface area contributed by atoms with E-state index in [0.717, 1.165) is 0 Å². The summed E-state index contributed by atoms with van der Waals surface area (Å²) in [6, 6.07) is 0. The molecule has 1 aliphatic rings. The fourth-order valence-corrected chi connectivity index (χ4v) is 2.22. The maximum absolute atomic E-state index is 12.4. The summed E-state index contributed by atoms with van der Waals surface area (Å²) >= 11 is 0. The molecule has 0 aromatic rings. The van der Waals surface area contributed by atoms with E-state index in [1.54, 1.807) is 0 Å². The monoisotopic (exact) mass is 344 g/mol. The molecule has 1 rings (SSSR count).